The van der Waals surface area contributed by atoms with E-state index in [0.29, 0.717) is 10.8 Å². The molecule has 4 heteroatoms. The molecule has 1 N–H and O–H groups in total. The largest absolute Gasteiger partial charge is 0.306 e. The van der Waals surface area contributed by atoms with Gasteiger partial charge >= 0.3 is 0 Å². The van der Waals surface area contributed by atoms with Gasteiger partial charge in [-0.05, 0) is 26.0 Å². The number of hydrogen-bond acceptors (Lipinski definition) is 2. The summed E-state index contributed by atoms with van der Waals surface area (Å²) in [7, 11) is 0. The van der Waals surface area contributed by atoms with Crippen LogP contribution in [0, 0.1) is 0 Å². The maximum atomic E-state index is 11.3. The molecule has 1 aromatic heterocycles. The van der Waals surface area contributed by atoms with Gasteiger partial charge in [-0.3, -0.25) is 4.79 Å². The summed E-state index contributed by atoms with van der Waals surface area (Å²) in [4.78, 5) is 15.2. The van der Waals surface area contributed by atoms with Crippen molar-refractivity contribution in [3.05, 3.63) is 35.0 Å². The highest BCUT2D eigenvalue weighted by molar-refractivity contribution is 6.33. The summed E-state index contributed by atoms with van der Waals surface area (Å²) < 4.78 is 0. The molecule has 1 heterocycles. The third-order valence-electron chi connectivity index (χ3n) is 1.42. The van der Waals surface area contributed by atoms with Crippen LogP contribution in [0.4, 0.5) is 5.82 Å². The lowest BCUT2D eigenvalue weighted by Gasteiger charge is -2.02. The molecule has 1 amide bonds. The quantitative estimate of drug-likeness (QED) is 0.763. The summed E-state index contributed by atoms with van der Waals surface area (Å²) >= 11 is 5.81. The minimum atomic E-state index is -0.217. The molecule has 1 aromatic rings. The van der Waals surface area contributed by atoms with Gasteiger partial charge in [-0.1, -0.05) is 17.2 Å². The van der Waals surface area contributed by atoms with Crippen LogP contribution in [0.3, 0.4) is 0 Å². The topological polar surface area (TPSA) is 42.0 Å². The lowest BCUT2D eigenvalue weighted by Crippen LogP contribution is -2.09. The molecule has 0 spiro atoms. The molecule has 0 saturated heterocycles. The molecule has 0 unspecified atom stereocenters. The number of hydrogen-bond donors (Lipinski definition) is 1. The van der Waals surface area contributed by atoms with Crippen LogP contribution in [-0.4, -0.2) is 10.9 Å². The van der Waals surface area contributed by atoms with Crippen molar-refractivity contribution < 1.29 is 4.79 Å². The van der Waals surface area contributed by atoms with Gasteiger partial charge in [0.1, 0.15) is 0 Å². The molecule has 0 atom stereocenters. The predicted octanol–water partition coefficient (Wildman–Crippen LogP) is 2.64. The molecule has 0 radical (unpaired) electrons. The molecule has 0 aromatic carbocycles. The molecule has 3 nitrogen and oxygen atoms in total. The molecule has 0 aliphatic rings. The van der Waals surface area contributed by atoms with E-state index in [1.807, 2.05) is 13.8 Å². The van der Waals surface area contributed by atoms with Crippen LogP contribution in [0.5, 0.6) is 0 Å². The summed E-state index contributed by atoms with van der Waals surface area (Å²) in [6.07, 6.45) is 3.06. The summed E-state index contributed by atoms with van der Waals surface area (Å²) in [5.74, 6) is 0.169. The van der Waals surface area contributed by atoms with E-state index in [1.165, 1.54) is 6.08 Å². The summed E-state index contributed by atoms with van der Waals surface area (Å²) in [6, 6.07) is 3.38. The number of nitrogens with one attached hydrogen (secondary N) is 1. The standard InChI is InChI=1S/C10H11ClN2O/c1-7(2)6-9(14)13-10-8(11)4-3-5-12-10/h3-6H,1-2H3,(H,12,13,14). The Bertz CT molecular complexity index is 370. The maximum Gasteiger partial charge on any atom is 0.249 e. The molecule has 0 fully saturated rings. The van der Waals surface area contributed by atoms with Gasteiger partial charge in [-0.2, -0.15) is 0 Å². The first kappa shape index (κ1) is 10.7. The van der Waals surface area contributed by atoms with Gasteiger partial charge < -0.3 is 5.32 Å². The molecule has 0 aliphatic heterocycles. The van der Waals surface area contributed by atoms with Crippen molar-refractivity contribution in [2.75, 3.05) is 5.32 Å². The van der Waals surface area contributed by atoms with Crippen molar-refractivity contribution in [1.29, 1.82) is 0 Å². The van der Waals surface area contributed by atoms with Gasteiger partial charge in [-0.25, -0.2) is 4.98 Å². The molecule has 14 heavy (non-hydrogen) atoms. The number of amides is 1. The zero-order valence-corrected chi connectivity index (χ0v) is 8.80. The van der Waals surface area contributed by atoms with Gasteiger partial charge in [0.25, 0.3) is 0 Å². The highest BCUT2D eigenvalue weighted by Gasteiger charge is 2.02. The summed E-state index contributed by atoms with van der Waals surface area (Å²) in [5, 5.41) is 3.02. The fraction of sp³-hybridized carbons (Fsp3) is 0.200. The van der Waals surface area contributed by atoms with Gasteiger partial charge in [0.05, 0.1) is 5.02 Å². The first-order chi connectivity index (χ1) is 6.59. The van der Waals surface area contributed by atoms with Gasteiger partial charge in [0, 0.05) is 12.3 Å². The Hall–Kier alpha value is -1.35. The fourth-order valence-electron chi connectivity index (χ4n) is 0.893. The number of allylic oxidation sites excluding steroid dienone is 1. The fourth-order valence-corrected chi connectivity index (χ4v) is 1.06. The van der Waals surface area contributed by atoms with Crippen LogP contribution in [0.1, 0.15) is 13.8 Å². The van der Waals surface area contributed by atoms with Crippen LogP contribution < -0.4 is 5.32 Å². The lowest BCUT2D eigenvalue weighted by molar-refractivity contribution is -0.112. The Kier molecular flexibility index (Phi) is 3.65. The third kappa shape index (κ3) is 3.18. The number of carbonyl (C=O) groups excluding carboxylic acids is 1. The van der Waals surface area contributed by atoms with E-state index < -0.39 is 0 Å². The number of rotatable bonds is 2. The van der Waals surface area contributed by atoms with E-state index in [9.17, 15) is 4.79 Å². The maximum absolute atomic E-state index is 11.3. The Morgan fingerprint density at radius 3 is 2.86 bits per heavy atom. The van der Waals surface area contributed by atoms with Crippen molar-refractivity contribution in [3.63, 3.8) is 0 Å². The number of nitrogens with zero attached hydrogens (tertiary/aromatic N) is 1. The average molecular weight is 211 g/mol. The Balaban J connectivity index is 2.75. The van der Waals surface area contributed by atoms with Crippen LogP contribution in [0.2, 0.25) is 5.02 Å². The summed E-state index contributed by atoms with van der Waals surface area (Å²) in [6.45, 7) is 3.69. The molecule has 74 valence electrons. The number of carbonyl (C=O) groups is 1. The van der Waals surface area contributed by atoms with Crippen LogP contribution in [0.25, 0.3) is 0 Å². The smallest absolute Gasteiger partial charge is 0.249 e. The second-order valence-corrected chi connectivity index (χ2v) is 3.45. The lowest BCUT2D eigenvalue weighted by atomic mass is 10.3. The number of halogens is 1. The number of pyridine rings is 1. The first-order valence-corrected chi connectivity index (χ1v) is 4.54. The Labute approximate surface area is 87.8 Å². The van der Waals surface area contributed by atoms with Gasteiger partial charge in [0.15, 0.2) is 5.82 Å². The number of anilines is 1. The van der Waals surface area contributed by atoms with Crippen molar-refractivity contribution in [2.24, 2.45) is 0 Å². The predicted molar refractivity (Wildman–Crippen MR) is 57.3 cm³/mol. The van der Waals surface area contributed by atoms with Crippen molar-refractivity contribution >= 4 is 23.3 Å². The van der Waals surface area contributed by atoms with E-state index in [1.54, 1.807) is 18.3 Å². The molecule has 0 saturated carbocycles. The normalized spacial score (nSPS) is 9.36. The number of aromatic nitrogens is 1. The highest BCUT2D eigenvalue weighted by Crippen LogP contribution is 2.17. The molecule has 0 bridgehead atoms. The SMILES string of the molecule is CC(C)=CC(=O)Nc1ncccc1Cl. The molecule has 1 rings (SSSR count). The Morgan fingerprint density at radius 2 is 2.29 bits per heavy atom. The van der Waals surface area contributed by atoms with E-state index in [4.69, 9.17) is 11.6 Å². The molecular weight excluding hydrogens is 200 g/mol. The minimum absolute atomic E-state index is 0.217. The molecular formula is C10H11ClN2O. The van der Waals surface area contributed by atoms with E-state index >= 15 is 0 Å². The second-order valence-electron chi connectivity index (χ2n) is 3.04. The zero-order valence-electron chi connectivity index (χ0n) is 8.04. The van der Waals surface area contributed by atoms with Crippen LogP contribution in [-0.2, 0) is 4.79 Å². The average Bonchev–Trinajstić information content (AvgIpc) is 2.07. The first-order valence-electron chi connectivity index (χ1n) is 4.16. The van der Waals surface area contributed by atoms with Gasteiger partial charge in [0.2, 0.25) is 5.91 Å². The van der Waals surface area contributed by atoms with Crippen molar-refractivity contribution in [3.8, 4) is 0 Å². The van der Waals surface area contributed by atoms with E-state index in [-0.39, 0.29) is 5.91 Å². The monoisotopic (exact) mass is 210 g/mol. The third-order valence-corrected chi connectivity index (χ3v) is 1.72. The Morgan fingerprint density at radius 1 is 1.57 bits per heavy atom. The minimum Gasteiger partial charge on any atom is -0.306 e. The molecule has 0 aliphatic carbocycles. The van der Waals surface area contributed by atoms with E-state index in [2.05, 4.69) is 10.3 Å². The van der Waals surface area contributed by atoms with Crippen LogP contribution in [0.15, 0.2) is 30.0 Å². The van der Waals surface area contributed by atoms with Crippen LogP contribution >= 0.6 is 11.6 Å². The summed E-state index contributed by atoms with van der Waals surface area (Å²) in [5.41, 5.74) is 0.926. The second kappa shape index (κ2) is 4.77. The van der Waals surface area contributed by atoms with E-state index in [0.717, 1.165) is 5.57 Å². The highest BCUT2D eigenvalue weighted by atomic mass is 35.5. The van der Waals surface area contributed by atoms with Gasteiger partial charge in [-0.15, -0.1) is 0 Å². The van der Waals surface area contributed by atoms with Crippen molar-refractivity contribution in [2.45, 2.75) is 13.8 Å². The zero-order chi connectivity index (χ0) is 10.6. The van der Waals surface area contributed by atoms with Crippen molar-refractivity contribution in [1.82, 2.24) is 4.98 Å².